The van der Waals surface area contributed by atoms with Gasteiger partial charge in [-0.25, -0.2) is 0 Å². The minimum absolute atomic E-state index is 0.0291. The molecule has 1 atom stereocenters. The van der Waals surface area contributed by atoms with Crippen LogP contribution in [0.5, 0.6) is 0 Å². The van der Waals surface area contributed by atoms with Gasteiger partial charge in [-0.1, -0.05) is 129 Å². The number of hydrogen-bond acceptors (Lipinski definition) is 7. The van der Waals surface area contributed by atoms with Crippen molar-refractivity contribution >= 4 is 11.9 Å². The number of ether oxygens (including phenoxy) is 5. The van der Waals surface area contributed by atoms with E-state index in [2.05, 4.69) is 13.8 Å². The zero-order valence-electron chi connectivity index (χ0n) is 32.0. The van der Waals surface area contributed by atoms with Gasteiger partial charge in [0, 0.05) is 39.4 Å². The highest BCUT2D eigenvalue weighted by Gasteiger charge is 2.40. The van der Waals surface area contributed by atoms with Crippen molar-refractivity contribution < 1.29 is 33.3 Å². The molecule has 284 valence electrons. The van der Waals surface area contributed by atoms with Crippen molar-refractivity contribution in [3.63, 3.8) is 0 Å². The number of carbonyl (C=O) groups is 2. The molecule has 1 heterocycles. The van der Waals surface area contributed by atoms with Gasteiger partial charge in [0.25, 0.3) is 0 Å². The predicted molar refractivity (Wildman–Crippen MR) is 197 cm³/mol. The molecule has 0 bridgehead atoms. The van der Waals surface area contributed by atoms with Crippen LogP contribution >= 0.6 is 0 Å². The predicted octanol–water partition coefficient (Wildman–Crippen LogP) is 11.6. The molecule has 0 saturated carbocycles. The average molecular weight is 683 g/mol. The van der Waals surface area contributed by atoms with Crippen molar-refractivity contribution in [1.82, 2.24) is 0 Å². The molecule has 1 aliphatic heterocycles. The van der Waals surface area contributed by atoms with Crippen LogP contribution < -0.4 is 0 Å². The van der Waals surface area contributed by atoms with Crippen LogP contribution in [0.25, 0.3) is 0 Å². The molecule has 0 N–H and O–H groups in total. The third kappa shape index (κ3) is 26.7. The van der Waals surface area contributed by atoms with Crippen LogP contribution in [0.15, 0.2) is 0 Å². The normalized spacial score (nSPS) is 15.6. The Bertz CT molecular complexity index is 682. The van der Waals surface area contributed by atoms with Crippen molar-refractivity contribution in [3.8, 4) is 0 Å². The van der Waals surface area contributed by atoms with Gasteiger partial charge in [-0.2, -0.15) is 0 Å². The highest BCUT2D eigenvalue weighted by atomic mass is 16.7. The van der Waals surface area contributed by atoms with Crippen LogP contribution in [0.3, 0.4) is 0 Å². The quantitative estimate of drug-likeness (QED) is 0.0480. The molecule has 0 amide bonds. The molecule has 1 unspecified atom stereocenters. The average Bonchev–Trinajstić information content (AvgIpc) is 3.49. The van der Waals surface area contributed by atoms with E-state index >= 15 is 0 Å². The fourth-order valence-electron chi connectivity index (χ4n) is 6.62. The van der Waals surface area contributed by atoms with Crippen LogP contribution in [0.1, 0.15) is 206 Å². The lowest BCUT2D eigenvalue weighted by Gasteiger charge is -2.28. The van der Waals surface area contributed by atoms with Gasteiger partial charge in [-0.05, 0) is 51.4 Å². The largest absolute Gasteiger partial charge is 0.466 e. The maximum Gasteiger partial charge on any atom is 0.305 e. The highest BCUT2D eigenvalue weighted by Crippen LogP contribution is 2.36. The number of unbranched alkanes of at least 4 members (excludes halogenated alkanes) is 20. The molecule has 0 aromatic heterocycles. The van der Waals surface area contributed by atoms with E-state index in [-0.39, 0.29) is 18.0 Å². The Morgan fingerprint density at radius 3 is 1.42 bits per heavy atom. The van der Waals surface area contributed by atoms with E-state index in [1.54, 1.807) is 7.11 Å². The summed E-state index contributed by atoms with van der Waals surface area (Å²) in [7, 11) is 1.75. The Kier molecular flexibility index (Phi) is 30.8. The molecule has 1 saturated heterocycles. The van der Waals surface area contributed by atoms with Gasteiger partial charge in [-0.3, -0.25) is 9.59 Å². The topological polar surface area (TPSA) is 80.3 Å². The standard InChI is InChI=1S/C41H78O7/c1-4-6-8-10-12-16-22-30-39(42)45-35-26-20-14-18-24-32-41(47-37-38(48-41)29-28-34-44-3)33-25-19-15-21-27-36-46-40(43)31-23-17-13-11-9-7-5-2/h38H,4-37H2,1-3H3. The van der Waals surface area contributed by atoms with Gasteiger partial charge in [0.05, 0.1) is 25.9 Å². The minimum Gasteiger partial charge on any atom is -0.466 e. The summed E-state index contributed by atoms with van der Waals surface area (Å²) in [5, 5.41) is 0. The molecular weight excluding hydrogens is 604 g/mol. The Balaban J connectivity index is 2.15. The first-order valence-corrected chi connectivity index (χ1v) is 20.7. The molecule has 7 heteroatoms. The van der Waals surface area contributed by atoms with E-state index in [1.165, 1.54) is 64.2 Å². The Hall–Kier alpha value is -1.18. The summed E-state index contributed by atoms with van der Waals surface area (Å²) in [6.45, 7) is 7.02. The lowest BCUT2D eigenvalue weighted by Crippen LogP contribution is -2.31. The third-order valence-electron chi connectivity index (χ3n) is 9.69. The number of rotatable bonds is 36. The van der Waals surface area contributed by atoms with Crippen LogP contribution in [0.4, 0.5) is 0 Å². The van der Waals surface area contributed by atoms with Gasteiger partial charge >= 0.3 is 11.9 Å². The van der Waals surface area contributed by atoms with Crippen molar-refractivity contribution in [2.45, 2.75) is 218 Å². The Labute approximate surface area is 296 Å². The minimum atomic E-state index is -0.450. The van der Waals surface area contributed by atoms with Crippen molar-refractivity contribution in [2.24, 2.45) is 0 Å². The number of hydrogen-bond donors (Lipinski definition) is 0. The van der Waals surface area contributed by atoms with Gasteiger partial charge in [0.1, 0.15) is 0 Å². The molecule has 1 aliphatic rings. The Morgan fingerprint density at radius 2 is 0.958 bits per heavy atom. The van der Waals surface area contributed by atoms with Gasteiger partial charge < -0.3 is 23.7 Å². The van der Waals surface area contributed by atoms with Crippen LogP contribution in [0, 0.1) is 0 Å². The summed E-state index contributed by atoms with van der Waals surface area (Å²) in [6, 6.07) is 0. The van der Waals surface area contributed by atoms with Crippen LogP contribution in [-0.4, -0.2) is 57.4 Å². The Morgan fingerprint density at radius 1 is 0.542 bits per heavy atom. The first-order chi connectivity index (χ1) is 23.5. The SMILES string of the molecule is CCCCCCCCCC(=O)OCCCCCCCC1(CCCCCCCOC(=O)CCCCCCCCC)OCC(CCCOC)O1. The van der Waals surface area contributed by atoms with E-state index in [1.807, 2.05) is 0 Å². The second-order valence-electron chi connectivity index (χ2n) is 14.3. The maximum atomic E-state index is 12.0. The summed E-state index contributed by atoms with van der Waals surface area (Å²) in [5.74, 6) is -0.508. The molecule has 1 fully saturated rings. The van der Waals surface area contributed by atoms with E-state index < -0.39 is 5.79 Å². The summed E-state index contributed by atoms with van der Waals surface area (Å²) in [4.78, 5) is 24.0. The van der Waals surface area contributed by atoms with E-state index in [0.717, 1.165) is 122 Å². The first-order valence-electron chi connectivity index (χ1n) is 20.7. The summed E-state index contributed by atoms with van der Waals surface area (Å²) >= 11 is 0. The van der Waals surface area contributed by atoms with E-state index in [9.17, 15) is 9.59 Å². The number of methoxy groups -OCH3 is 1. The molecular formula is C41H78O7. The molecule has 0 aliphatic carbocycles. The van der Waals surface area contributed by atoms with Crippen LogP contribution in [0.2, 0.25) is 0 Å². The van der Waals surface area contributed by atoms with Gasteiger partial charge in [-0.15, -0.1) is 0 Å². The zero-order valence-corrected chi connectivity index (χ0v) is 32.0. The molecule has 1 rings (SSSR count). The fraction of sp³-hybridized carbons (Fsp3) is 0.951. The molecule has 0 aromatic carbocycles. The summed E-state index contributed by atoms with van der Waals surface area (Å²) in [5.41, 5.74) is 0. The monoisotopic (exact) mass is 683 g/mol. The van der Waals surface area contributed by atoms with Gasteiger partial charge in [0.15, 0.2) is 5.79 Å². The maximum absolute atomic E-state index is 12.0. The molecule has 0 spiro atoms. The second kappa shape index (κ2) is 33.0. The lowest BCUT2D eigenvalue weighted by atomic mass is 9.99. The molecule has 0 radical (unpaired) electrons. The molecule has 48 heavy (non-hydrogen) atoms. The van der Waals surface area contributed by atoms with E-state index in [0.29, 0.717) is 32.7 Å². The van der Waals surface area contributed by atoms with Crippen LogP contribution in [-0.2, 0) is 33.3 Å². The number of esters is 2. The number of carbonyl (C=O) groups excluding carboxylic acids is 2. The zero-order chi connectivity index (χ0) is 34.8. The van der Waals surface area contributed by atoms with E-state index in [4.69, 9.17) is 23.7 Å². The summed E-state index contributed by atoms with van der Waals surface area (Å²) in [6.07, 6.45) is 33.0. The summed E-state index contributed by atoms with van der Waals surface area (Å²) < 4.78 is 29.1. The lowest BCUT2D eigenvalue weighted by molar-refractivity contribution is -0.180. The van der Waals surface area contributed by atoms with Gasteiger partial charge in [0.2, 0.25) is 0 Å². The van der Waals surface area contributed by atoms with Crippen molar-refractivity contribution in [3.05, 3.63) is 0 Å². The molecule has 7 nitrogen and oxygen atoms in total. The smallest absolute Gasteiger partial charge is 0.305 e. The molecule has 0 aromatic rings. The highest BCUT2D eigenvalue weighted by molar-refractivity contribution is 5.69. The van der Waals surface area contributed by atoms with Crippen molar-refractivity contribution in [1.29, 1.82) is 0 Å². The first kappa shape index (κ1) is 44.8. The third-order valence-corrected chi connectivity index (χ3v) is 9.69. The fourth-order valence-corrected chi connectivity index (χ4v) is 6.62. The second-order valence-corrected chi connectivity index (χ2v) is 14.3. The van der Waals surface area contributed by atoms with Crippen molar-refractivity contribution in [2.75, 3.05) is 33.5 Å².